The molecule has 0 aliphatic carbocycles. The molecule has 0 bridgehead atoms. The van der Waals surface area contributed by atoms with Gasteiger partial charge in [0.1, 0.15) is 5.69 Å². The highest BCUT2D eigenvalue weighted by molar-refractivity contribution is 5.94. The van der Waals surface area contributed by atoms with Crippen LogP contribution in [0.3, 0.4) is 0 Å². The number of methoxy groups -OCH3 is 1. The highest BCUT2D eigenvalue weighted by Crippen LogP contribution is 2.20. The van der Waals surface area contributed by atoms with Gasteiger partial charge in [-0.3, -0.25) is 14.3 Å². The second-order valence-corrected chi connectivity index (χ2v) is 6.11. The van der Waals surface area contributed by atoms with Crippen LogP contribution in [-0.2, 0) is 16.6 Å². The number of carbonyl (C=O) groups is 2. The molecule has 7 heteroatoms. The molecule has 2 rings (SSSR count). The van der Waals surface area contributed by atoms with E-state index in [1.54, 1.807) is 33.5 Å². The van der Waals surface area contributed by atoms with Gasteiger partial charge in [-0.05, 0) is 31.2 Å². The number of carbonyl (C=O) groups excluding carboxylic acids is 2. The van der Waals surface area contributed by atoms with Gasteiger partial charge in [0.05, 0.1) is 6.54 Å². The molecule has 0 spiro atoms. The minimum atomic E-state index is -0.187. The number of rotatable bonds is 6. The summed E-state index contributed by atoms with van der Waals surface area (Å²) < 4.78 is 6.63. The summed E-state index contributed by atoms with van der Waals surface area (Å²) in [5.41, 5.74) is 0.485. The lowest BCUT2D eigenvalue weighted by atomic mass is 9.94. The number of likely N-dealkylation sites (tertiary alicyclic amines) is 1. The fraction of sp³-hybridized carbons (Fsp3) is 0.688. The van der Waals surface area contributed by atoms with E-state index in [9.17, 15) is 9.59 Å². The van der Waals surface area contributed by atoms with Crippen molar-refractivity contribution in [3.8, 4) is 0 Å². The van der Waals surface area contributed by atoms with Gasteiger partial charge in [0.25, 0.3) is 5.91 Å². The van der Waals surface area contributed by atoms with Gasteiger partial charge in [-0.2, -0.15) is 5.10 Å². The van der Waals surface area contributed by atoms with Crippen LogP contribution in [0.1, 0.15) is 29.8 Å². The lowest BCUT2D eigenvalue weighted by Crippen LogP contribution is -2.45. The van der Waals surface area contributed by atoms with Crippen molar-refractivity contribution in [1.82, 2.24) is 19.6 Å². The molecule has 1 aliphatic rings. The summed E-state index contributed by atoms with van der Waals surface area (Å²) in [7, 11) is 5.08. The van der Waals surface area contributed by atoms with Crippen molar-refractivity contribution in [2.24, 2.45) is 13.0 Å². The highest BCUT2D eigenvalue weighted by atomic mass is 16.5. The molecule has 23 heavy (non-hydrogen) atoms. The Balaban J connectivity index is 1.81. The summed E-state index contributed by atoms with van der Waals surface area (Å²) >= 11 is 0. The van der Waals surface area contributed by atoms with E-state index in [0.29, 0.717) is 11.6 Å². The summed E-state index contributed by atoms with van der Waals surface area (Å²) in [6, 6.07) is 1.66. The number of hydrogen-bond acceptors (Lipinski definition) is 4. The predicted molar refractivity (Wildman–Crippen MR) is 86.0 cm³/mol. The average Bonchev–Trinajstić information content (AvgIpc) is 2.98. The number of likely N-dealkylation sites (N-methyl/N-ethyl adjacent to an activating group) is 1. The number of nitrogens with zero attached hydrogens (tertiary/aromatic N) is 4. The Morgan fingerprint density at radius 1 is 1.39 bits per heavy atom. The van der Waals surface area contributed by atoms with Crippen LogP contribution < -0.4 is 0 Å². The van der Waals surface area contributed by atoms with Gasteiger partial charge in [0.15, 0.2) is 0 Å². The minimum Gasteiger partial charge on any atom is -0.385 e. The zero-order valence-electron chi connectivity index (χ0n) is 14.2. The zero-order valence-corrected chi connectivity index (χ0v) is 14.2. The quantitative estimate of drug-likeness (QED) is 0.776. The molecule has 1 fully saturated rings. The average molecular weight is 322 g/mol. The second-order valence-electron chi connectivity index (χ2n) is 6.11. The molecule has 0 atom stereocenters. The molecule has 1 saturated heterocycles. The number of aromatic nitrogens is 2. The van der Waals surface area contributed by atoms with Crippen molar-refractivity contribution in [3.05, 3.63) is 18.0 Å². The molecule has 2 heterocycles. The van der Waals surface area contributed by atoms with Crippen molar-refractivity contribution < 1.29 is 14.3 Å². The normalized spacial score (nSPS) is 15.7. The van der Waals surface area contributed by atoms with E-state index in [4.69, 9.17) is 4.74 Å². The molecular weight excluding hydrogens is 296 g/mol. The minimum absolute atomic E-state index is 0.00760. The van der Waals surface area contributed by atoms with Crippen molar-refractivity contribution in [1.29, 1.82) is 0 Å². The first-order chi connectivity index (χ1) is 11.0. The van der Waals surface area contributed by atoms with Gasteiger partial charge >= 0.3 is 0 Å². The lowest BCUT2D eigenvalue weighted by Gasteiger charge is -2.33. The Bertz CT molecular complexity index is 535. The summed E-state index contributed by atoms with van der Waals surface area (Å²) in [5, 5.41) is 3.99. The molecule has 0 aromatic carbocycles. The monoisotopic (exact) mass is 322 g/mol. The lowest BCUT2D eigenvalue weighted by molar-refractivity contribution is -0.133. The molecule has 7 nitrogen and oxygen atoms in total. The molecule has 0 radical (unpaired) electrons. The topological polar surface area (TPSA) is 67.7 Å². The highest BCUT2D eigenvalue weighted by Gasteiger charge is 2.25. The van der Waals surface area contributed by atoms with E-state index < -0.39 is 0 Å². The molecular formula is C16H26N4O3. The van der Waals surface area contributed by atoms with Gasteiger partial charge in [-0.1, -0.05) is 0 Å². The standard InChI is InChI=1S/C16H26N4O3/c1-18(16(22)14-4-8-17-19(14)2)12-15(21)20-9-5-13(6-10-20)7-11-23-3/h4,8,13H,5-7,9-12H2,1-3H3. The zero-order chi connectivity index (χ0) is 16.8. The van der Waals surface area contributed by atoms with E-state index in [1.165, 1.54) is 9.58 Å². The number of aryl methyl sites for hydroxylation is 1. The molecule has 1 aromatic rings. The molecule has 1 aromatic heterocycles. The summed E-state index contributed by atoms with van der Waals surface area (Å²) in [6.45, 7) is 2.41. The maximum Gasteiger partial charge on any atom is 0.272 e. The van der Waals surface area contributed by atoms with E-state index in [1.807, 2.05) is 4.90 Å². The van der Waals surface area contributed by atoms with Crippen LogP contribution in [0.15, 0.2) is 12.3 Å². The Morgan fingerprint density at radius 3 is 2.65 bits per heavy atom. The third-order valence-corrected chi connectivity index (χ3v) is 4.46. The Morgan fingerprint density at radius 2 is 2.09 bits per heavy atom. The first-order valence-corrected chi connectivity index (χ1v) is 8.03. The second kappa shape index (κ2) is 8.10. The third-order valence-electron chi connectivity index (χ3n) is 4.46. The summed E-state index contributed by atoms with van der Waals surface area (Å²) in [6.07, 6.45) is 4.65. The van der Waals surface area contributed by atoms with Crippen LogP contribution in [0.2, 0.25) is 0 Å². The van der Waals surface area contributed by atoms with E-state index in [0.717, 1.165) is 39.0 Å². The SMILES string of the molecule is COCCC1CCN(C(=O)CN(C)C(=O)c2ccnn2C)CC1. The van der Waals surface area contributed by atoms with Gasteiger partial charge in [-0.15, -0.1) is 0 Å². The summed E-state index contributed by atoms with van der Waals surface area (Å²) in [4.78, 5) is 28.0. The van der Waals surface area contributed by atoms with E-state index in [-0.39, 0.29) is 18.4 Å². The van der Waals surface area contributed by atoms with E-state index in [2.05, 4.69) is 5.10 Å². The van der Waals surface area contributed by atoms with Crippen LogP contribution in [0, 0.1) is 5.92 Å². The number of piperidine rings is 1. The Kier molecular flexibility index (Phi) is 6.15. The Labute approximate surface area is 137 Å². The fourth-order valence-electron chi connectivity index (χ4n) is 2.91. The van der Waals surface area contributed by atoms with E-state index >= 15 is 0 Å². The first-order valence-electron chi connectivity index (χ1n) is 8.03. The molecule has 2 amide bonds. The van der Waals surface area contributed by atoms with Gasteiger partial charge in [-0.25, -0.2) is 0 Å². The van der Waals surface area contributed by atoms with Gasteiger partial charge in [0.2, 0.25) is 5.91 Å². The van der Waals surface area contributed by atoms with Crippen molar-refractivity contribution in [2.75, 3.05) is 40.4 Å². The molecule has 0 N–H and O–H groups in total. The van der Waals surface area contributed by atoms with Crippen LogP contribution in [0.25, 0.3) is 0 Å². The van der Waals surface area contributed by atoms with Crippen molar-refractivity contribution >= 4 is 11.8 Å². The van der Waals surface area contributed by atoms with Gasteiger partial charge in [0, 0.05) is 47.1 Å². The fourth-order valence-corrected chi connectivity index (χ4v) is 2.91. The maximum absolute atomic E-state index is 12.4. The van der Waals surface area contributed by atoms with Crippen LogP contribution >= 0.6 is 0 Å². The number of hydrogen-bond donors (Lipinski definition) is 0. The maximum atomic E-state index is 12.4. The number of ether oxygens (including phenoxy) is 1. The molecule has 1 aliphatic heterocycles. The summed E-state index contributed by atoms with van der Waals surface area (Å²) in [5.74, 6) is 0.453. The molecule has 0 unspecified atom stereocenters. The van der Waals surface area contributed by atoms with Crippen LogP contribution in [0.5, 0.6) is 0 Å². The smallest absolute Gasteiger partial charge is 0.272 e. The largest absolute Gasteiger partial charge is 0.385 e. The third kappa shape index (κ3) is 4.54. The van der Waals surface area contributed by atoms with Crippen LogP contribution in [-0.4, -0.2) is 71.8 Å². The predicted octanol–water partition coefficient (Wildman–Crippen LogP) is 0.767. The van der Waals surface area contributed by atoms with Crippen LogP contribution in [0.4, 0.5) is 0 Å². The molecule has 0 saturated carbocycles. The van der Waals surface area contributed by atoms with Crippen molar-refractivity contribution in [2.45, 2.75) is 19.3 Å². The Hall–Kier alpha value is -1.89. The number of amides is 2. The first kappa shape index (κ1) is 17.5. The van der Waals surface area contributed by atoms with Gasteiger partial charge < -0.3 is 14.5 Å². The van der Waals surface area contributed by atoms with Crippen molar-refractivity contribution in [3.63, 3.8) is 0 Å². The molecule has 128 valence electrons.